The average Bonchev–Trinajstić information content (AvgIpc) is 3.34. The topological polar surface area (TPSA) is 88.2 Å². The van der Waals surface area contributed by atoms with Gasteiger partial charge in [0.25, 0.3) is 0 Å². The Kier molecular flexibility index (Phi) is 6.23. The van der Waals surface area contributed by atoms with Crippen LogP contribution in [-0.2, 0) is 9.47 Å². The van der Waals surface area contributed by atoms with Crippen LogP contribution in [0.1, 0.15) is 45.1 Å². The Labute approximate surface area is 169 Å². The van der Waals surface area contributed by atoms with Gasteiger partial charge in [-0.05, 0) is 51.1 Å². The molecule has 0 N–H and O–H groups in total. The molecule has 0 saturated heterocycles. The first kappa shape index (κ1) is 20.5. The number of ether oxygens (including phenoxy) is 2. The molecule has 0 bridgehead atoms. The summed E-state index contributed by atoms with van der Waals surface area (Å²) in [6, 6.07) is 8.65. The number of aryl methyl sites for hydroxylation is 1. The number of hydrogen-bond donors (Lipinski definition) is 0. The molecule has 2 heterocycles. The van der Waals surface area contributed by atoms with E-state index in [2.05, 4.69) is 14.6 Å². The molecule has 1 aromatic carbocycles. The van der Waals surface area contributed by atoms with Gasteiger partial charge in [0.15, 0.2) is 6.61 Å². The summed E-state index contributed by atoms with van der Waals surface area (Å²) in [5, 5.41) is 4.03. The molecule has 29 heavy (non-hydrogen) atoms. The highest BCUT2D eigenvalue weighted by Gasteiger charge is 2.20. The first-order chi connectivity index (χ1) is 13.9. The van der Waals surface area contributed by atoms with Crippen molar-refractivity contribution in [3.05, 3.63) is 65.5 Å². The van der Waals surface area contributed by atoms with Crippen LogP contribution in [0.15, 0.2) is 43.0 Å². The van der Waals surface area contributed by atoms with Crippen molar-refractivity contribution in [1.82, 2.24) is 19.3 Å². The van der Waals surface area contributed by atoms with Gasteiger partial charge in [-0.15, -0.1) is 0 Å². The molecule has 0 radical (unpaired) electrons. The summed E-state index contributed by atoms with van der Waals surface area (Å²) in [6.45, 7) is 6.09. The van der Waals surface area contributed by atoms with Crippen molar-refractivity contribution in [3.63, 3.8) is 0 Å². The second-order valence-electron chi connectivity index (χ2n) is 6.85. The summed E-state index contributed by atoms with van der Waals surface area (Å²) in [6.07, 6.45) is 3.00. The Hall–Kier alpha value is -3.26. The van der Waals surface area contributed by atoms with E-state index >= 15 is 0 Å². The van der Waals surface area contributed by atoms with Gasteiger partial charge in [0, 0.05) is 24.1 Å². The maximum Gasteiger partial charge on any atom is 0.338 e. The molecule has 152 valence electrons. The quantitative estimate of drug-likeness (QED) is 0.430. The van der Waals surface area contributed by atoms with Crippen LogP contribution in [0.4, 0.5) is 0 Å². The van der Waals surface area contributed by atoms with Crippen molar-refractivity contribution in [3.8, 4) is 5.69 Å². The summed E-state index contributed by atoms with van der Waals surface area (Å²) in [7, 11) is 1.65. The monoisotopic (exact) mass is 396 g/mol. The molecular weight excluding hydrogens is 372 g/mol. The largest absolute Gasteiger partial charge is 0.454 e. The SMILES string of the molecule is COC[C@@H](C)n1c(C)cc(C(=O)COC(=O)c2ccc(-n3cncn3)cc2)c1C. The molecular formula is C21H24N4O4. The molecule has 8 heteroatoms. The number of carbonyl (C=O) groups excluding carboxylic acids is 2. The third-order valence-electron chi connectivity index (χ3n) is 4.75. The van der Waals surface area contributed by atoms with E-state index in [1.54, 1.807) is 42.4 Å². The summed E-state index contributed by atoms with van der Waals surface area (Å²) >= 11 is 0. The van der Waals surface area contributed by atoms with Crippen LogP contribution in [0.5, 0.6) is 0 Å². The molecule has 0 aliphatic rings. The van der Waals surface area contributed by atoms with Gasteiger partial charge in [-0.3, -0.25) is 4.79 Å². The first-order valence-electron chi connectivity index (χ1n) is 9.25. The van der Waals surface area contributed by atoms with Gasteiger partial charge in [0.2, 0.25) is 5.78 Å². The standard InChI is InChI=1S/C21H24N4O4/c1-14-9-19(16(3)25(14)15(2)10-28-4)20(26)11-29-21(27)17-5-7-18(8-6-17)24-13-22-12-23-24/h5-9,12-13,15H,10-11H2,1-4H3/t15-/m1/s1. The molecule has 3 aromatic rings. The lowest BCUT2D eigenvalue weighted by atomic mass is 10.1. The van der Waals surface area contributed by atoms with Crippen LogP contribution in [0.3, 0.4) is 0 Å². The minimum Gasteiger partial charge on any atom is -0.454 e. The van der Waals surface area contributed by atoms with E-state index < -0.39 is 5.97 Å². The van der Waals surface area contributed by atoms with Gasteiger partial charge >= 0.3 is 5.97 Å². The Morgan fingerprint density at radius 3 is 2.52 bits per heavy atom. The number of carbonyl (C=O) groups is 2. The van der Waals surface area contributed by atoms with Crippen LogP contribution in [-0.4, -0.2) is 51.4 Å². The zero-order valence-electron chi connectivity index (χ0n) is 17.0. The van der Waals surface area contributed by atoms with Gasteiger partial charge in [-0.25, -0.2) is 14.5 Å². The molecule has 0 aliphatic carbocycles. The number of methoxy groups -OCH3 is 1. The Bertz CT molecular complexity index is 991. The molecule has 0 amide bonds. The molecule has 3 rings (SSSR count). The van der Waals surface area contributed by atoms with Gasteiger partial charge < -0.3 is 14.0 Å². The summed E-state index contributed by atoms with van der Waals surface area (Å²) in [5.41, 5.74) is 3.49. The fraction of sp³-hybridized carbons (Fsp3) is 0.333. The van der Waals surface area contributed by atoms with Crippen molar-refractivity contribution in [2.24, 2.45) is 0 Å². The number of Topliss-reactive ketones (excluding diaryl/α,β-unsaturated/α-hetero) is 1. The Morgan fingerprint density at radius 2 is 1.90 bits per heavy atom. The number of benzene rings is 1. The lowest BCUT2D eigenvalue weighted by molar-refractivity contribution is 0.0474. The van der Waals surface area contributed by atoms with E-state index in [9.17, 15) is 9.59 Å². The van der Waals surface area contributed by atoms with E-state index in [0.717, 1.165) is 17.1 Å². The van der Waals surface area contributed by atoms with E-state index in [0.29, 0.717) is 17.7 Å². The number of esters is 1. The van der Waals surface area contributed by atoms with Crippen LogP contribution in [0.2, 0.25) is 0 Å². The minimum absolute atomic E-state index is 0.104. The highest BCUT2D eigenvalue weighted by atomic mass is 16.5. The third kappa shape index (κ3) is 4.43. The second kappa shape index (κ2) is 8.83. The van der Waals surface area contributed by atoms with Gasteiger partial charge in [-0.1, -0.05) is 0 Å². The van der Waals surface area contributed by atoms with Crippen molar-refractivity contribution in [2.75, 3.05) is 20.3 Å². The maximum absolute atomic E-state index is 12.6. The van der Waals surface area contributed by atoms with Gasteiger partial charge in [0.05, 0.1) is 23.9 Å². The van der Waals surface area contributed by atoms with E-state index in [-0.39, 0.29) is 18.4 Å². The highest BCUT2D eigenvalue weighted by molar-refractivity contribution is 6.00. The van der Waals surface area contributed by atoms with Crippen LogP contribution in [0, 0.1) is 13.8 Å². The lowest BCUT2D eigenvalue weighted by Crippen LogP contribution is -2.17. The number of hydrogen-bond acceptors (Lipinski definition) is 6. The fourth-order valence-electron chi connectivity index (χ4n) is 3.44. The Morgan fingerprint density at radius 1 is 1.17 bits per heavy atom. The molecule has 0 aliphatic heterocycles. The van der Waals surface area contributed by atoms with E-state index in [1.165, 1.54) is 6.33 Å². The molecule has 8 nitrogen and oxygen atoms in total. The number of rotatable bonds is 8. The molecule has 0 saturated carbocycles. The Balaban J connectivity index is 1.65. The second-order valence-corrected chi connectivity index (χ2v) is 6.85. The summed E-state index contributed by atoms with van der Waals surface area (Å²) in [4.78, 5) is 28.8. The predicted octanol–water partition coefficient (Wildman–Crippen LogP) is 2.93. The van der Waals surface area contributed by atoms with Crippen molar-refractivity contribution in [1.29, 1.82) is 0 Å². The van der Waals surface area contributed by atoms with Crippen LogP contribution < -0.4 is 0 Å². The van der Waals surface area contributed by atoms with E-state index in [1.807, 2.05) is 26.8 Å². The highest BCUT2D eigenvalue weighted by Crippen LogP contribution is 2.21. The van der Waals surface area contributed by atoms with Crippen molar-refractivity contribution < 1.29 is 19.1 Å². The van der Waals surface area contributed by atoms with E-state index in [4.69, 9.17) is 9.47 Å². The number of nitrogens with zero attached hydrogens (tertiary/aromatic N) is 4. The first-order valence-corrected chi connectivity index (χ1v) is 9.25. The average molecular weight is 396 g/mol. The zero-order valence-corrected chi connectivity index (χ0v) is 17.0. The summed E-state index contributed by atoms with van der Waals surface area (Å²) < 4.78 is 14.1. The normalized spacial score (nSPS) is 12.0. The molecule has 2 aromatic heterocycles. The number of ketones is 1. The molecule has 0 unspecified atom stereocenters. The smallest absolute Gasteiger partial charge is 0.338 e. The maximum atomic E-state index is 12.6. The van der Waals surface area contributed by atoms with Crippen molar-refractivity contribution >= 4 is 11.8 Å². The lowest BCUT2D eigenvalue weighted by Gasteiger charge is -2.17. The number of aromatic nitrogens is 4. The predicted molar refractivity (Wildman–Crippen MR) is 106 cm³/mol. The molecule has 0 spiro atoms. The van der Waals surface area contributed by atoms with Gasteiger partial charge in [-0.2, -0.15) is 5.10 Å². The molecule has 0 fully saturated rings. The van der Waals surface area contributed by atoms with Crippen LogP contribution in [0.25, 0.3) is 5.69 Å². The minimum atomic E-state index is -0.551. The third-order valence-corrected chi connectivity index (χ3v) is 4.75. The van der Waals surface area contributed by atoms with Gasteiger partial charge in [0.1, 0.15) is 12.7 Å². The molecule has 1 atom stereocenters. The summed E-state index contributed by atoms with van der Waals surface area (Å²) in [5.74, 6) is -0.786. The zero-order chi connectivity index (χ0) is 21.0. The van der Waals surface area contributed by atoms with Crippen LogP contribution >= 0.6 is 0 Å². The van der Waals surface area contributed by atoms with Crippen molar-refractivity contribution in [2.45, 2.75) is 26.8 Å². The fourth-order valence-corrected chi connectivity index (χ4v) is 3.44.